The number of rotatable bonds is 4. The van der Waals surface area contributed by atoms with Crippen LogP contribution < -0.4 is 5.32 Å². The van der Waals surface area contributed by atoms with Crippen LogP contribution in [0.4, 0.5) is 10.6 Å². The van der Waals surface area contributed by atoms with Crippen LogP contribution in [0.25, 0.3) is 0 Å². The van der Waals surface area contributed by atoms with E-state index < -0.39 is 5.60 Å². The Labute approximate surface area is 165 Å². The Bertz CT molecular complexity index is 850. The molecule has 0 saturated heterocycles. The summed E-state index contributed by atoms with van der Waals surface area (Å²) in [6.07, 6.45) is 1.35. The molecule has 3 rings (SSSR count). The highest BCUT2D eigenvalue weighted by Crippen LogP contribution is 2.25. The van der Waals surface area contributed by atoms with Crippen molar-refractivity contribution in [1.29, 1.82) is 0 Å². The average Bonchev–Trinajstić information content (AvgIpc) is 3.02. The minimum absolute atomic E-state index is 0.0933. The Hall–Kier alpha value is -2.83. The van der Waals surface area contributed by atoms with Crippen molar-refractivity contribution in [3.8, 4) is 0 Å². The molecule has 1 aliphatic heterocycles. The molecule has 150 valence electrons. The molecule has 7 heteroatoms. The van der Waals surface area contributed by atoms with Gasteiger partial charge in [0.25, 0.3) is 0 Å². The normalized spacial score (nSPS) is 13.8. The number of aromatic nitrogens is 2. The third-order valence-electron chi connectivity index (χ3n) is 4.60. The predicted molar refractivity (Wildman–Crippen MR) is 107 cm³/mol. The molecule has 0 spiro atoms. The fourth-order valence-corrected chi connectivity index (χ4v) is 3.09. The van der Waals surface area contributed by atoms with Crippen molar-refractivity contribution in [2.75, 3.05) is 11.9 Å². The number of ether oxygens (including phenoxy) is 1. The number of carbonyl (C=O) groups excluding carboxylic acids is 2. The van der Waals surface area contributed by atoms with Gasteiger partial charge in [0, 0.05) is 30.6 Å². The summed E-state index contributed by atoms with van der Waals surface area (Å²) >= 11 is 0. The topological polar surface area (TPSA) is 87.3 Å². The van der Waals surface area contributed by atoms with Gasteiger partial charge in [-0.3, -0.25) is 9.89 Å². The van der Waals surface area contributed by atoms with E-state index in [0.29, 0.717) is 38.2 Å². The van der Waals surface area contributed by atoms with E-state index in [4.69, 9.17) is 4.74 Å². The standard InChI is InChI=1S/C21H28N4O3/c1-14-5-7-15(8-6-14)9-10-18(26)22-19-16-13-25(12-11-17(16)23-24-19)20(27)28-21(2,3)4/h5-8H,9-13H2,1-4H3,(H2,22,23,24,26). The maximum atomic E-state index is 12.4. The Morgan fingerprint density at radius 3 is 2.64 bits per heavy atom. The lowest BCUT2D eigenvalue weighted by Crippen LogP contribution is -2.40. The van der Waals surface area contributed by atoms with Gasteiger partial charge in [-0.2, -0.15) is 5.10 Å². The Balaban J connectivity index is 1.59. The number of benzene rings is 1. The van der Waals surface area contributed by atoms with E-state index in [9.17, 15) is 9.59 Å². The molecule has 0 saturated carbocycles. The second kappa shape index (κ2) is 8.04. The lowest BCUT2D eigenvalue weighted by Gasteiger charge is -2.30. The van der Waals surface area contributed by atoms with E-state index in [0.717, 1.165) is 16.8 Å². The third kappa shape index (κ3) is 5.12. The average molecular weight is 384 g/mol. The van der Waals surface area contributed by atoms with Crippen LogP contribution in [0.15, 0.2) is 24.3 Å². The minimum Gasteiger partial charge on any atom is -0.444 e. The summed E-state index contributed by atoms with van der Waals surface area (Å²) in [7, 11) is 0. The zero-order valence-electron chi connectivity index (χ0n) is 17.0. The number of carbonyl (C=O) groups is 2. The van der Waals surface area contributed by atoms with E-state index in [-0.39, 0.29) is 12.0 Å². The molecule has 0 fully saturated rings. The van der Waals surface area contributed by atoms with Gasteiger partial charge in [-0.1, -0.05) is 29.8 Å². The number of nitrogens with one attached hydrogen (secondary N) is 2. The second-order valence-electron chi connectivity index (χ2n) is 8.21. The van der Waals surface area contributed by atoms with E-state index >= 15 is 0 Å². The van der Waals surface area contributed by atoms with Crippen LogP contribution in [0.5, 0.6) is 0 Å². The number of nitrogens with zero attached hydrogens (tertiary/aromatic N) is 2. The zero-order valence-corrected chi connectivity index (χ0v) is 17.0. The first-order valence-electron chi connectivity index (χ1n) is 9.61. The first kappa shape index (κ1) is 19.9. The smallest absolute Gasteiger partial charge is 0.410 e. The number of hydrogen-bond donors (Lipinski definition) is 2. The zero-order chi connectivity index (χ0) is 20.3. The van der Waals surface area contributed by atoms with Gasteiger partial charge in [-0.05, 0) is 39.7 Å². The van der Waals surface area contributed by atoms with Crippen molar-refractivity contribution in [3.05, 3.63) is 46.6 Å². The molecule has 1 aliphatic rings. The molecule has 28 heavy (non-hydrogen) atoms. The fourth-order valence-electron chi connectivity index (χ4n) is 3.09. The first-order chi connectivity index (χ1) is 13.2. The van der Waals surface area contributed by atoms with E-state index in [1.54, 1.807) is 4.90 Å². The molecular formula is C21H28N4O3. The van der Waals surface area contributed by atoms with Crippen molar-refractivity contribution < 1.29 is 14.3 Å². The van der Waals surface area contributed by atoms with Gasteiger partial charge < -0.3 is 15.0 Å². The highest BCUT2D eigenvalue weighted by molar-refractivity contribution is 5.90. The summed E-state index contributed by atoms with van der Waals surface area (Å²) in [5, 5.41) is 10.1. The summed E-state index contributed by atoms with van der Waals surface area (Å²) < 4.78 is 5.45. The van der Waals surface area contributed by atoms with Gasteiger partial charge in [0.15, 0.2) is 5.82 Å². The molecule has 2 amide bonds. The van der Waals surface area contributed by atoms with Crippen LogP contribution >= 0.6 is 0 Å². The lowest BCUT2D eigenvalue weighted by atomic mass is 10.1. The van der Waals surface area contributed by atoms with Crippen LogP contribution in [0.1, 0.15) is 49.6 Å². The quantitative estimate of drug-likeness (QED) is 0.843. The molecule has 0 bridgehead atoms. The molecule has 2 N–H and O–H groups in total. The van der Waals surface area contributed by atoms with Crippen LogP contribution in [0.3, 0.4) is 0 Å². The highest BCUT2D eigenvalue weighted by Gasteiger charge is 2.29. The van der Waals surface area contributed by atoms with Crippen molar-refractivity contribution in [1.82, 2.24) is 15.1 Å². The van der Waals surface area contributed by atoms with Crippen molar-refractivity contribution >= 4 is 17.8 Å². The maximum absolute atomic E-state index is 12.4. The number of anilines is 1. The van der Waals surface area contributed by atoms with E-state index in [2.05, 4.69) is 15.5 Å². The van der Waals surface area contributed by atoms with Gasteiger partial charge in [-0.15, -0.1) is 0 Å². The summed E-state index contributed by atoms with van der Waals surface area (Å²) in [5.41, 5.74) is 3.59. The second-order valence-corrected chi connectivity index (χ2v) is 8.21. The van der Waals surface area contributed by atoms with Crippen LogP contribution in [0, 0.1) is 6.92 Å². The molecule has 0 atom stereocenters. The summed E-state index contributed by atoms with van der Waals surface area (Å²) in [5.74, 6) is 0.404. The van der Waals surface area contributed by atoms with Crippen LogP contribution in [0.2, 0.25) is 0 Å². The number of aryl methyl sites for hydroxylation is 2. The summed E-state index contributed by atoms with van der Waals surface area (Å²) in [6.45, 7) is 8.50. The summed E-state index contributed by atoms with van der Waals surface area (Å²) in [6, 6.07) is 8.17. The molecular weight excluding hydrogens is 356 g/mol. The number of hydrogen-bond acceptors (Lipinski definition) is 4. The number of H-pyrrole nitrogens is 1. The number of fused-ring (bicyclic) bond motifs is 1. The molecule has 2 aromatic rings. The Morgan fingerprint density at radius 2 is 1.96 bits per heavy atom. The molecule has 2 heterocycles. The third-order valence-corrected chi connectivity index (χ3v) is 4.60. The molecule has 1 aromatic heterocycles. The van der Waals surface area contributed by atoms with Gasteiger partial charge in [-0.25, -0.2) is 4.79 Å². The minimum atomic E-state index is -0.541. The van der Waals surface area contributed by atoms with Crippen LogP contribution in [-0.2, 0) is 28.9 Å². The van der Waals surface area contributed by atoms with Crippen molar-refractivity contribution in [2.45, 2.75) is 59.1 Å². The highest BCUT2D eigenvalue weighted by atomic mass is 16.6. The Morgan fingerprint density at radius 1 is 1.25 bits per heavy atom. The van der Waals surface area contributed by atoms with Gasteiger partial charge in [0.2, 0.25) is 5.91 Å². The summed E-state index contributed by atoms with van der Waals surface area (Å²) in [4.78, 5) is 26.4. The fraction of sp³-hybridized carbons (Fsp3) is 0.476. The SMILES string of the molecule is Cc1ccc(CCC(=O)Nc2n[nH]c3c2CN(C(=O)OC(C)(C)C)CC3)cc1. The molecule has 7 nitrogen and oxygen atoms in total. The van der Waals surface area contributed by atoms with E-state index in [1.165, 1.54) is 5.56 Å². The molecule has 0 unspecified atom stereocenters. The molecule has 0 aliphatic carbocycles. The monoisotopic (exact) mass is 384 g/mol. The largest absolute Gasteiger partial charge is 0.444 e. The van der Waals surface area contributed by atoms with Gasteiger partial charge >= 0.3 is 6.09 Å². The first-order valence-corrected chi connectivity index (χ1v) is 9.61. The van der Waals surface area contributed by atoms with Crippen molar-refractivity contribution in [2.24, 2.45) is 0 Å². The maximum Gasteiger partial charge on any atom is 0.410 e. The molecule has 0 radical (unpaired) electrons. The van der Waals surface area contributed by atoms with Gasteiger partial charge in [0.05, 0.1) is 6.54 Å². The predicted octanol–water partition coefficient (Wildman–Crippen LogP) is 3.58. The number of aromatic amines is 1. The van der Waals surface area contributed by atoms with Crippen LogP contribution in [-0.4, -0.2) is 39.2 Å². The van der Waals surface area contributed by atoms with E-state index in [1.807, 2.05) is 52.0 Å². The number of amides is 2. The molecule has 1 aromatic carbocycles. The van der Waals surface area contributed by atoms with Gasteiger partial charge in [0.1, 0.15) is 5.60 Å². The van der Waals surface area contributed by atoms with Crippen molar-refractivity contribution in [3.63, 3.8) is 0 Å². The Kier molecular flexibility index (Phi) is 5.72. The lowest BCUT2D eigenvalue weighted by molar-refractivity contribution is -0.116.